The Morgan fingerprint density at radius 1 is 0.966 bits per heavy atom. The topological polar surface area (TPSA) is 23.6 Å². The van der Waals surface area contributed by atoms with Crippen LogP contribution in [0.4, 0.5) is 5.69 Å². The third-order valence-corrected chi connectivity index (χ3v) is 5.28. The number of carbonyl (C=O) groups excluding carboxylic acids is 1. The van der Waals surface area contributed by atoms with Gasteiger partial charge in [-0.1, -0.05) is 69.7 Å². The average Bonchev–Trinajstić information content (AvgIpc) is 2.89. The summed E-state index contributed by atoms with van der Waals surface area (Å²) in [6.45, 7) is 15.7. The van der Waals surface area contributed by atoms with Crippen molar-refractivity contribution in [2.75, 3.05) is 24.7 Å². The largest absolute Gasteiger partial charge is 0.294 e. The van der Waals surface area contributed by atoms with Gasteiger partial charge in [-0.2, -0.15) is 0 Å². The number of benzene rings is 2. The first-order valence-electron chi connectivity index (χ1n) is 10.7. The van der Waals surface area contributed by atoms with E-state index in [9.17, 15) is 4.79 Å². The van der Waals surface area contributed by atoms with Gasteiger partial charge in [-0.05, 0) is 49.0 Å². The molecular formula is C26H34N2O. The van der Waals surface area contributed by atoms with Crippen LogP contribution in [0, 0.1) is 25.7 Å². The van der Waals surface area contributed by atoms with Gasteiger partial charge in [-0.3, -0.25) is 14.6 Å². The zero-order chi connectivity index (χ0) is 21.1. The minimum Gasteiger partial charge on any atom is -0.294 e. The molecule has 1 amide bonds. The van der Waals surface area contributed by atoms with E-state index >= 15 is 0 Å². The van der Waals surface area contributed by atoms with E-state index in [2.05, 4.69) is 82.9 Å². The van der Waals surface area contributed by atoms with Crippen LogP contribution in [0.15, 0.2) is 42.5 Å². The van der Waals surface area contributed by atoms with E-state index in [-0.39, 0.29) is 5.91 Å². The van der Waals surface area contributed by atoms with Crippen molar-refractivity contribution in [2.45, 2.75) is 41.5 Å². The molecule has 3 heteroatoms. The number of carbonyl (C=O) groups is 1. The number of nitrogens with zero attached hydrogens (tertiary/aromatic N) is 2. The van der Waals surface area contributed by atoms with Crippen molar-refractivity contribution in [3.05, 3.63) is 64.7 Å². The Bertz CT molecular complexity index is 901. The van der Waals surface area contributed by atoms with E-state index in [1.807, 2.05) is 17.0 Å². The monoisotopic (exact) mass is 390 g/mol. The maximum Gasteiger partial charge on any atom is 0.260 e. The van der Waals surface area contributed by atoms with Crippen molar-refractivity contribution in [1.82, 2.24) is 4.90 Å². The Hall–Kier alpha value is -2.39. The Kier molecular flexibility index (Phi) is 6.59. The third kappa shape index (κ3) is 4.97. The van der Waals surface area contributed by atoms with Gasteiger partial charge in [-0.25, -0.2) is 0 Å². The van der Waals surface area contributed by atoms with Gasteiger partial charge in [0.1, 0.15) is 0 Å². The molecule has 0 aliphatic carbocycles. The SMILES string of the molecule is Cc1ccc(C)c(/C=C2/C(=O)N(CN(CC(C)C)CC(C)C)c3ccccc32)c1. The normalized spacial score (nSPS) is 15.3. The first-order valence-corrected chi connectivity index (χ1v) is 10.7. The van der Waals surface area contributed by atoms with Crippen molar-refractivity contribution in [3.63, 3.8) is 0 Å². The van der Waals surface area contributed by atoms with Gasteiger partial charge in [0, 0.05) is 24.2 Å². The summed E-state index contributed by atoms with van der Waals surface area (Å²) in [6, 6.07) is 14.6. The second kappa shape index (κ2) is 8.96. The maximum absolute atomic E-state index is 13.5. The quantitative estimate of drug-likeness (QED) is 0.561. The number of rotatable bonds is 7. The van der Waals surface area contributed by atoms with Crippen LogP contribution < -0.4 is 4.90 Å². The third-order valence-electron chi connectivity index (χ3n) is 5.28. The molecule has 3 nitrogen and oxygen atoms in total. The molecule has 0 unspecified atom stereocenters. The Morgan fingerprint density at radius 3 is 2.28 bits per heavy atom. The van der Waals surface area contributed by atoms with Gasteiger partial charge >= 0.3 is 0 Å². The fourth-order valence-corrected chi connectivity index (χ4v) is 4.08. The second-order valence-electron chi connectivity index (χ2n) is 9.13. The Morgan fingerprint density at radius 2 is 1.62 bits per heavy atom. The lowest BCUT2D eigenvalue weighted by Crippen LogP contribution is -2.42. The number of amides is 1. The van der Waals surface area contributed by atoms with Crippen molar-refractivity contribution in [2.24, 2.45) is 11.8 Å². The molecule has 0 saturated heterocycles. The number of fused-ring (bicyclic) bond motifs is 1. The molecule has 0 atom stereocenters. The fraction of sp³-hybridized carbons (Fsp3) is 0.423. The Balaban J connectivity index is 1.98. The molecule has 1 heterocycles. The van der Waals surface area contributed by atoms with Crippen LogP contribution in [0.1, 0.15) is 49.9 Å². The van der Waals surface area contributed by atoms with Gasteiger partial charge in [0.15, 0.2) is 0 Å². The smallest absolute Gasteiger partial charge is 0.260 e. The number of aryl methyl sites for hydroxylation is 2. The van der Waals surface area contributed by atoms with Crippen LogP contribution in [0.2, 0.25) is 0 Å². The molecule has 0 N–H and O–H groups in total. The summed E-state index contributed by atoms with van der Waals surface area (Å²) >= 11 is 0. The molecule has 0 radical (unpaired) electrons. The highest BCUT2D eigenvalue weighted by Crippen LogP contribution is 2.38. The molecule has 0 bridgehead atoms. The molecule has 0 fully saturated rings. The number of hydrogen-bond donors (Lipinski definition) is 0. The summed E-state index contributed by atoms with van der Waals surface area (Å²) in [4.78, 5) is 17.9. The molecule has 0 saturated carbocycles. The van der Waals surface area contributed by atoms with Crippen LogP contribution in [0.3, 0.4) is 0 Å². The summed E-state index contributed by atoms with van der Waals surface area (Å²) in [6.07, 6.45) is 2.07. The molecule has 0 aromatic heterocycles. The lowest BCUT2D eigenvalue weighted by atomic mass is 10.00. The predicted molar refractivity (Wildman–Crippen MR) is 124 cm³/mol. The van der Waals surface area contributed by atoms with E-state index < -0.39 is 0 Å². The van der Waals surface area contributed by atoms with Crippen LogP contribution >= 0.6 is 0 Å². The van der Waals surface area contributed by atoms with Crippen molar-refractivity contribution in [1.29, 1.82) is 0 Å². The minimum absolute atomic E-state index is 0.101. The van der Waals surface area contributed by atoms with Crippen LogP contribution in [0.25, 0.3) is 11.6 Å². The van der Waals surface area contributed by atoms with E-state index in [4.69, 9.17) is 0 Å². The molecule has 2 aromatic carbocycles. The highest BCUT2D eigenvalue weighted by molar-refractivity contribution is 6.35. The predicted octanol–water partition coefficient (Wildman–Crippen LogP) is 5.76. The Labute approximate surface area is 176 Å². The van der Waals surface area contributed by atoms with Crippen LogP contribution in [-0.4, -0.2) is 30.6 Å². The molecule has 1 aliphatic heterocycles. The average molecular weight is 391 g/mol. The molecule has 2 aromatic rings. The zero-order valence-electron chi connectivity index (χ0n) is 18.7. The van der Waals surface area contributed by atoms with Crippen molar-refractivity contribution >= 4 is 23.2 Å². The number of anilines is 1. The van der Waals surface area contributed by atoms with Crippen molar-refractivity contribution in [3.8, 4) is 0 Å². The van der Waals surface area contributed by atoms with E-state index in [0.29, 0.717) is 18.5 Å². The summed E-state index contributed by atoms with van der Waals surface area (Å²) in [5, 5.41) is 0. The lowest BCUT2D eigenvalue weighted by molar-refractivity contribution is -0.113. The summed E-state index contributed by atoms with van der Waals surface area (Å²) in [5.41, 5.74) is 6.36. The van der Waals surface area contributed by atoms with Crippen molar-refractivity contribution < 1.29 is 4.79 Å². The first-order chi connectivity index (χ1) is 13.8. The van der Waals surface area contributed by atoms with Gasteiger partial charge in [-0.15, -0.1) is 0 Å². The molecular weight excluding hydrogens is 356 g/mol. The summed E-state index contributed by atoms with van der Waals surface area (Å²) in [7, 11) is 0. The van der Waals surface area contributed by atoms with E-state index in [1.54, 1.807) is 0 Å². The molecule has 0 spiro atoms. The second-order valence-corrected chi connectivity index (χ2v) is 9.13. The van der Waals surface area contributed by atoms with E-state index in [0.717, 1.165) is 35.5 Å². The molecule has 154 valence electrons. The highest BCUT2D eigenvalue weighted by atomic mass is 16.2. The molecule has 29 heavy (non-hydrogen) atoms. The van der Waals surface area contributed by atoms with Gasteiger partial charge in [0.25, 0.3) is 5.91 Å². The molecule has 3 rings (SSSR count). The van der Waals surface area contributed by atoms with E-state index in [1.165, 1.54) is 11.1 Å². The van der Waals surface area contributed by atoms with Gasteiger partial charge in [0.05, 0.1) is 12.4 Å². The highest BCUT2D eigenvalue weighted by Gasteiger charge is 2.33. The number of hydrogen-bond acceptors (Lipinski definition) is 2. The first kappa shape index (κ1) is 21.3. The van der Waals surface area contributed by atoms with Crippen LogP contribution in [0.5, 0.6) is 0 Å². The molecule has 1 aliphatic rings. The van der Waals surface area contributed by atoms with Gasteiger partial charge in [0.2, 0.25) is 0 Å². The zero-order valence-corrected chi connectivity index (χ0v) is 18.7. The summed E-state index contributed by atoms with van der Waals surface area (Å²) < 4.78 is 0. The maximum atomic E-state index is 13.5. The van der Waals surface area contributed by atoms with Crippen LogP contribution in [-0.2, 0) is 4.79 Å². The summed E-state index contributed by atoms with van der Waals surface area (Å²) in [5.74, 6) is 1.22. The standard InChI is InChI=1S/C26H34N2O/c1-18(2)15-27(16-19(3)4)17-28-25-10-8-7-9-23(25)24(26(28)29)14-22-13-20(5)11-12-21(22)6/h7-14,18-19H,15-17H2,1-6H3/b24-14+. The fourth-order valence-electron chi connectivity index (χ4n) is 4.08. The number of para-hydroxylation sites is 1. The van der Waals surface area contributed by atoms with Gasteiger partial charge < -0.3 is 0 Å². The minimum atomic E-state index is 0.101. The lowest BCUT2D eigenvalue weighted by Gasteiger charge is -2.30.